The van der Waals surface area contributed by atoms with Crippen LogP contribution in [-0.2, 0) is 11.2 Å². The molecule has 4 aromatic rings. The Morgan fingerprint density at radius 2 is 1.90 bits per heavy atom. The lowest BCUT2D eigenvalue weighted by Crippen LogP contribution is -2.39. The maximum atomic E-state index is 15.3. The monoisotopic (exact) mass is 524 g/mol. The van der Waals surface area contributed by atoms with Gasteiger partial charge in [-0.25, -0.2) is 13.9 Å². The van der Waals surface area contributed by atoms with Gasteiger partial charge in [0.1, 0.15) is 11.5 Å². The second-order valence-electron chi connectivity index (χ2n) is 11.1. The van der Waals surface area contributed by atoms with Gasteiger partial charge in [0, 0.05) is 29.8 Å². The minimum Gasteiger partial charge on any atom is -0.481 e. The topological polar surface area (TPSA) is 87.8 Å². The fraction of sp³-hybridized carbons (Fsp3) is 0.355. The van der Waals surface area contributed by atoms with Gasteiger partial charge in [0.05, 0.1) is 17.7 Å². The highest BCUT2D eigenvalue weighted by Crippen LogP contribution is 2.48. The van der Waals surface area contributed by atoms with Crippen molar-refractivity contribution in [3.8, 4) is 11.3 Å². The molecule has 1 unspecified atom stereocenters. The van der Waals surface area contributed by atoms with E-state index in [1.807, 2.05) is 23.1 Å². The Labute approximate surface area is 225 Å². The maximum Gasteiger partial charge on any atom is 0.307 e. The third kappa shape index (κ3) is 4.01. The smallest absolute Gasteiger partial charge is 0.307 e. The Morgan fingerprint density at radius 1 is 1.08 bits per heavy atom. The van der Waals surface area contributed by atoms with E-state index in [1.54, 1.807) is 22.7 Å². The van der Waals surface area contributed by atoms with Crippen LogP contribution in [0.3, 0.4) is 0 Å². The summed E-state index contributed by atoms with van der Waals surface area (Å²) >= 11 is 0. The number of carboxylic acids is 1. The maximum absolute atomic E-state index is 15.3. The van der Waals surface area contributed by atoms with Crippen LogP contribution in [0.2, 0.25) is 0 Å². The Morgan fingerprint density at radius 3 is 2.62 bits per heavy atom. The fourth-order valence-electron chi connectivity index (χ4n) is 6.24. The molecule has 198 valence electrons. The van der Waals surface area contributed by atoms with Crippen LogP contribution in [0, 0.1) is 11.7 Å². The molecule has 3 atom stereocenters. The number of carboxylic acid groups (broad SMARTS) is 1. The first kappa shape index (κ1) is 24.0. The number of aliphatic carboxylic acids is 1. The van der Waals surface area contributed by atoms with Crippen molar-refractivity contribution in [1.82, 2.24) is 19.5 Å². The number of carbonyl (C=O) groups excluding carboxylic acids is 1. The third-order valence-corrected chi connectivity index (χ3v) is 8.86. The lowest BCUT2D eigenvalue weighted by atomic mass is 9.82. The highest BCUT2D eigenvalue weighted by molar-refractivity contribution is 5.93. The number of nitrogens with zero attached hydrogens (tertiary/aromatic N) is 4. The number of benzene rings is 2. The average Bonchev–Trinajstić information content (AvgIpc) is 3.60. The standard InChI is InChI=1S/C31H29FN4O3/c1-17-21-8-3-2-5-18(21)11-12-35(17)30(37)27-15-28(19-6-4-7-19)36-29(33-27)16-26(34-36)22-10-9-20(13-25(22)32)23-14-24(23)31(38)39/h2-3,5,8-10,13,15-17,19,23-24H,4,6-7,11-12,14H2,1H3,(H,38,39)/t17-,23+,24?/m1/s1. The van der Waals surface area contributed by atoms with Gasteiger partial charge in [-0.3, -0.25) is 9.59 Å². The molecule has 1 aliphatic heterocycles. The minimum atomic E-state index is -0.840. The van der Waals surface area contributed by atoms with Gasteiger partial charge in [-0.1, -0.05) is 36.8 Å². The van der Waals surface area contributed by atoms with Crippen LogP contribution in [0.4, 0.5) is 4.39 Å². The SMILES string of the molecule is C[C@@H]1c2ccccc2CCN1C(=O)c1cc(C2CCC2)n2nc(-c3ccc([C@@H]4CC4C(=O)O)cc3F)cc2n1. The summed E-state index contributed by atoms with van der Waals surface area (Å²) in [5.74, 6) is -1.68. The normalized spacial score (nSPS) is 22.4. The largest absolute Gasteiger partial charge is 0.481 e. The highest BCUT2D eigenvalue weighted by Gasteiger charge is 2.44. The lowest BCUT2D eigenvalue weighted by molar-refractivity contribution is -0.138. The highest BCUT2D eigenvalue weighted by atomic mass is 19.1. The van der Waals surface area contributed by atoms with Crippen LogP contribution in [0.5, 0.6) is 0 Å². The number of hydrogen-bond acceptors (Lipinski definition) is 4. The van der Waals surface area contributed by atoms with Crippen molar-refractivity contribution in [2.45, 2.75) is 56.9 Å². The molecule has 2 aromatic heterocycles. The van der Waals surface area contributed by atoms with E-state index in [0.29, 0.717) is 41.1 Å². The van der Waals surface area contributed by atoms with Gasteiger partial charge in [-0.2, -0.15) is 5.10 Å². The molecule has 8 heteroatoms. The van der Waals surface area contributed by atoms with Crippen LogP contribution in [-0.4, -0.2) is 43.0 Å². The van der Waals surface area contributed by atoms with Crippen LogP contribution in [0.25, 0.3) is 16.9 Å². The molecule has 7 rings (SSSR count). The number of amides is 1. The molecule has 0 bridgehead atoms. The van der Waals surface area contributed by atoms with E-state index >= 15 is 4.39 Å². The van der Waals surface area contributed by atoms with E-state index in [0.717, 1.165) is 31.4 Å². The van der Waals surface area contributed by atoms with Crippen molar-refractivity contribution >= 4 is 17.5 Å². The van der Waals surface area contributed by atoms with Gasteiger partial charge in [-0.15, -0.1) is 0 Å². The Kier molecular flexibility index (Phi) is 5.54. The molecule has 7 nitrogen and oxygen atoms in total. The van der Waals surface area contributed by atoms with Gasteiger partial charge in [0.2, 0.25) is 0 Å². The van der Waals surface area contributed by atoms with Crippen LogP contribution in [0.1, 0.15) is 83.4 Å². The fourth-order valence-corrected chi connectivity index (χ4v) is 6.24. The summed E-state index contributed by atoms with van der Waals surface area (Å²) in [5.41, 5.74) is 5.79. The van der Waals surface area contributed by atoms with Crippen LogP contribution < -0.4 is 0 Å². The van der Waals surface area contributed by atoms with Gasteiger partial charge in [0.15, 0.2) is 5.65 Å². The molecule has 2 saturated carbocycles. The molecule has 2 aliphatic carbocycles. The molecular weight excluding hydrogens is 495 g/mol. The minimum absolute atomic E-state index is 0.0482. The van der Waals surface area contributed by atoms with Gasteiger partial charge >= 0.3 is 5.97 Å². The molecule has 2 aromatic carbocycles. The quantitative estimate of drug-likeness (QED) is 0.359. The number of hydrogen-bond donors (Lipinski definition) is 1. The van der Waals surface area contributed by atoms with Crippen LogP contribution >= 0.6 is 0 Å². The Hall–Kier alpha value is -4.07. The zero-order chi connectivity index (χ0) is 26.8. The summed E-state index contributed by atoms with van der Waals surface area (Å²) in [4.78, 5) is 31.6. The molecule has 3 aliphatic rings. The van der Waals surface area contributed by atoms with Gasteiger partial charge in [-0.05, 0) is 73.4 Å². The number of halogens is 1. The first-order valence-corrected chi connectivity index (χ1v) is 13.7. The average molecular weight is 525 g/mol. The summed E-state index contributed by atoms with van der Waals surface area (Å²) in [5, 5.41) is 14.0. The molecule has 39 heavy (non-hydrogen) atoms. The molecule has 0 spiro atoms. The second kappa shape index (κ2) is 9.00. The van der Waals surface area contributed by atoms with Crippen molar-refractivity contribution in [3.63, 3.8) is 0 Å². The number of carbonyl (C=O) groups is 2. The predicted octanol–water partition coefficient (Wildman–Crippen LogP) is 5.75. The first-order valence-electron chi connectivity index (χ1n) is 13.7. The van der Waals surface area contributed by atoms with Crippen molar-refractivity contribution in [2.24, 2.45) is 5.92 Å². The van der Waals surface area contributed by atoms with Crippen LogP contribution in [0.15, 0.2) is 54.6 Å². The number of rotatable bonds is 5. The molecule has 1 N–H and O–H groups in total. The summed E-state index contributed by atoms with van der Waals surface area (Å²) < 4.78 is 17.0. The number of aromatic nitrogens is 3. The molecule has 3 heterocycles. The lowest BCUT2D eigenvalue weighted by Gasteiger charge is -2.35. The molecule has 2 fully saturated rings. The van der Waals surface area contributed by atoms with Crippen molar-refractivity contribution in [3.05, 3.63) is 88.5 Å². The molecule has 0 radical (unpaired) electrons. The zero-order valence-corrected chi connectivity index (χ0v) is 21.7. The summed E-state index contributed by atoms with van der Waals surface area (Å²) in [6, 6.07) is 16.7. The number of fused-ring (bicyclic) bond motifs is 2. The predicted molar refractivity (Wildman–Crippen MR) is 143 cm³/mol. The van der Waals surface area contributed by atoms with E-state index in [2.05, 4.69) is 19.1 Å². The Bertz CT molecular complexity index is 1640. The first-order chi connectivity index (χ1) is 18.9. The van der Waals surface area contributed by atoms with E-state index in [4.69, 9.17) is 10.1 Å². The third-order valence-electron chi connectivity index (χ3n) is 8.86. The van der Waals surface area contributed by atoms with Crippen molar-refractivity contribution in [1.29, 1.82) is 0 Å². The molecule has 0 saturated heterocycles. The summed E-state index contributed by atoms with van der Waals surface area (Å²) in [7, 11) is 0. The summed E-state index contributed by atoms with van der Waals surface area (Å²) in [6.45, 7) is 2.69. The summed E-state index contributed by atoms with van der Waals surface area (Å²) in [6.07, 6.45) is 4.51. The van der Waals surface area contributed by atoms with Gasteiger partial charge in [0.25, 0.3) is 5.91 Å². The van der Waals surface area contributed by atoms with E-state index < -0.39 is 17.7 Å². The van der Waals surface area contributed by atoms with Gasteiger partial charge < -0.3 is 10.0 Å². The molecule has 1 amide bonds. The van der Waals surface area contributed by atoms with Crippen molar-refractivity contribution < 1.29 is 19.1 Å². The van der Waals surface area contributed by atoms with E-state index in [9.17, 15) is 14.7 Å². The van der Waals surface area contributed by atoms with E-state index in [1.165, 1.54) is 17.2 Å². The zero-order valence-electron chi connectivity index (χ0n) is 21.7. The Balaban J connectivity index is 1.24. The second-order valence-corrected chi connectivity index (χ2v) is 11.1. The van der Waals surface area contributed by atoms with Crippen molar-refractivity contribution in [2.75, 3.05) is 6.54 Å². The molecular formula is C31H29FN4O3. The van der Waals surface area contributed by atoms with E-state index in [-0.39, 0.29) is 23.8 Å².